The van der Waals surface area contributed by atoms with Gasteiger partial charge in [-0.15, -0.1) is 23.1 Å². The summed E-state index contributed by atoms with van der Waals surface area (Å²) < 4.78 is 11.2. The summed E-state index contributed by atoms with van der Waals surface area (Å²) in [5, 5.41) is 13.2. The lowest BCUT2D eigenvalue weighted by atomic mass is 9.77. The van der Waals surface area contributed by atoms with Crippen molar-refractivity contribution in [3.8, 4) is 5.75 Å². The predicted molar refractivity (Wildman–Crippen MR) is 308 cm³/mol. The van der Waals surface area contributed by atoms with E-state index in [9.17, 15) is 9.59 Å². The molecule has 11 rings (SSSR count). The molecule has 7 aromatic carbocycles. The molecule has 15 heteroatoms. The first kappa shape index (κ1) is 51.7. The van der Waals surface area contributed by atoms with E-state index in [1.54, 1.807) is 49.1 Å². The Labute approximate surface area is 465 Å². The van der Waals surface area contributed by atoms with E-state index in [4.69, 9.17) is 24.5 Å². The Kier molecular flexibility index (Phi) is 15.1. The van der Waals surface area contributed by atoms with E-state index < -0.39 is 40.3 Å². The van der Waals surface area contributed by atoms with Crippen molar-refractivity contribution < 1.29 is 28.7 Å². The number of esters is 1. The third-order valence-electron chi connectivity index (χ3n) is 13.9. The van der Waals surface area contributed by atoms with E-state index in [1.165, 1.54) is 34.3 Å². The number of rotatable bonds is 19. The Morgan fingerprint density at radius 2 is 1.19 bits per heavy atom. The summed E-state index contributed by atoms with van der Waals surface area (Å²) in [5.74, 6) is -1.11. The zero-order valence-corrected chi connectivity index (χ0v) is 44.4. The number of β-lactam (4-membered cyclic amide) rings is 1. The number of hydrogen-bond donors (Lipinski definition) is 2. The zero-order chi connectivity index (χ0) is 54.2. The average Bonchev–Trinajstić information content (AvgIpc) is 4.15. The molecule has 2 aromatic heterocycles. The van der Waals surface area contributed by atoms with Crippen LogP contribution in [-0.4, -0.2) is 67.6 Å². The minimum atomic E-state index is -1.38. The summed E-state index contributed by atoms with van der Waals surface area (Å²) in [7, 11) is 1.57. The van der Waals surface area contributed by atoms with Gasteiger partial charge >= 0.3 is 5.97 Å². The molecule has 390 valence electrons. The number of nitrogens with zero attached hydrogens (tertiary/aromatic N) is 5. The van der Waals surface area contributed by atoms with Crippen molar-refractivity contribution in [3.05, 3.63) is 298 Å². The molecule has 1 fully saturated rings. The first-order valence-corrected chi connectivity index (χ1v) is 27.3. The Bertz CT molecular complexity index is 3470. The second-order valence-electron chi connectivity index (χ2n) is 18.5. The summed E-state index contributed by atoms with van der Waals surface area (Å²) in [6.45, 7) is 4.23. The molecule has 0 spiro atoms. The molecule has 0 saturated carbocycles. The van der Waals surface area contributed by atoms with E-state index in [0.29, 0.717) is 33.2 Å². The summed E-state index contributed by atoms with van der Waals surface area (Å²) in [4.78, 5) is 66.5. The standard InChI is InChI=1S/C64H51N7O6S2/c1-43(45-37-65-42-66-38-45)53-40-78-60-56(59(73)71(60)57(53)61(74)76-39-44-33-35-52(75-2)36-34-44)68-58(72)55(70-77-64(49-27-15-6-16-28-49,50-29-17-7-18-30-50)51-31-19-8-20-32-51)54-41-79-62(67-54)69-63(46-21-9-3-10-22-46,47-23-11-4-12-24-47)48-25-13-5-14-26-48/h3-38,41-42,56,60H,1,39-40H2,2H3,(H,67,69)(H,68,72)/b70-55-/t56-,60+/m1/s1. The minimum Gasteiger partial charge on any atom is -0.497 e. The highest BCUT2D eigenvalue weighted by Gasteiger charge is 2.55. The van der Waals surface area contributed by atoms with Gasteiger partial charge in [0.15, 0.2) is 10.8 Å². The fourth-order valence-electron chi connectivity index (χ4n) is 9.99. The van der Waals surface area contributed by atoms with Crippen LogP contribution in [0.4, 0.5) is 5.13 Å². The molecule has 0 radical (unpaired) electrons. The maximum Gasteiger partial charge on any atom is 0.355 e. The molecule has 13 nitrogen and oxygen atoms in total. The van der Waals surface area contributed by atoms with Gasteiger partial charge in [-0.3, -0.25) is 14.5 Å². The first-order chi connectivity index (χ1) is 38.8. The minimum absolute atomic E-state index is 0.0196. The van der Waals surface area contributed by atoms with Gasteiger partial charge in [-0.2, -0.15) is 0 Å². The lowest BCUT2D eigenvalue weighted by Gasteiger charge is -2.49. The Morgan fingerprint density at radius 1 is 0.696 bits per heavy atom. The number of nitrogens with one attached hydrogen (secondary N) is 2. The fraction of sp³-hybridized carbons (Fsp3) is 0.109. The van der Waals surface area contributed by atoms with Gasteiger partial charge in [0.25, 0.3) is 11.8 Å². The highest BCUT2D eigenvalue weighted by Crippen LogP contribution is 2.46. The van der Waals surface area contributed by atoms with Gasteiger partial charge in [-0.1, -0.05) is 206 Å². The maximum atomic E-state index is 15.4. The van der Waals surface area contributed by atoms with Crippen LogP contribution in [0.15, 0.2) is 253 Å². The normalized spacial score (nSPS) is 15.3. The van der Waals surface area contributed by atoms with Crippen molar-refractivity contribution in [3.63, 3.8) is 0 Å². The summed E-state index contributed by atoms with van der Waals surface area (Å²) in [5.41, 5.74) is 5.00. The number of anilines is 1. The summed E-state index contributed by atoms with van der Waals surface area (Å²) >= 11 is 2.67. The molecule has 0 unspecified atom stereocenters. The third-order valence-corrected chi connectivity index (χ3v) is 16.0. The number of benzene rings is 7. The van der Waals surface area contributed by atoms with Gasteiger partial charge in [0.2, 0.25) is 5.60 Å². The second-order valence-corrected chi connectivity index (χ2v) is 20.5. The average molecular weight is 1080 g/mol. The summed E-state index contributed by atoms with van der Waals surface area (Å²) in [6, 6.07) is 65.5. The Hall–Kier alpha value is -9.44. The van der Waals surface area contributed by atoms with Crippen LogP contribution in [-0.2, 0) is 41.7 Å². The van der Waals surface area contributed by atoms with Gasteiger partial charge in [-0.25, -0.2) is 19.7 Å². The maximum absolute atomic E-state index is 15.4. The van der Waals surface area contributed by atoms with Crippen LogP contribution in [0, 0.1) is 0 Å². The molecule has 79 heavy (non-hydrogen) atoms. The molecule has 2 aliphatic rings. The number of amides is 2. The smallest absolute Gasteiger partial charge is 0.355 e. The molecule has 1 saturated heterocycles. The van der Waals surface area contributed by atoms with Crippen molar-refractivity contribution >= 4 is 57.3 Å². The number of fused-ring (bicyclic) bond motifs is 1. The molecular formula is C64H51N7O6S2. The van der Waals surface area contributed by atoms with Gasteiger partial charge in [0.05, 0.1) is 7.11 Å². The van der Waals surface area contributed by atoms with Crippen molar-refractivity contribution in [1.29, 1.82) is 0 Å². The molecule has 4 heterocycles. The largest absolute Gasteiger partial charge is 0.497 e. The third kappa shape index (κ3) is 10.2. The molecule has 0 bridgehead atoms. The van der Waals surface area contributed by atoms with E-state index in [1.807, 2.05) is 146 Å². The lowest BCUT2D eigenvalue weighted by molar-refractivity contribution is -0.153. The molecule has 2 aliphatic heterocycles. The highest BCUT2D eigenvalue weighted by atomic mass is 32.2. The van der Waals surface area contributed by atoms with Crippen LogP contribution in [0.5, 0.6) is 5.75 Å². The van der Waals surface area contributed by atoms with Crippen LogP contribution in [0.2, 0.25) is 0 Å². The molecule has 0 aliphatic carbocycles. The second kappa shape index (κ2) is 23.0. The number of aromatic nitrogens is 3. The van der Waals surface area contributed by atoms with Crippen LogP contribution in [0.25, 0.3) is 5.57 Å². The summed E-state index contributed by atoms with van der Waals surface area (Å²) in [6.07, 6.45) is 4.59. The van der Waals surface area contributed by atoms with E-state index in [2.05, 4.69) is 63.6 Å². The number of hydrogen-bond acceptors (Lipinski definition) is 13. The highest BCUT2D eigenvalue weighted by molar-refractivity contribution is 8.00. The number of carbonyl (C=O) groups excluding carboxylic acids is 3. The van der Waals surface area contributed by atoms with E-state index >= 15 is 4.79 Å². The van der Waals surface area contributed by atoms with Crippen molar-refractivity contribution in [2.75, 3.05) is 18.2 Å². The number of thioether (sulfide) groups is 1. The quantitative estimate of drug-likeness (QED) is 0.0261. The molecule has 2 atom stereocenters. The zero-order valence-electron chi connectivity index (χ0n) is 42.7. The van der Waals surface area contributed by atoms with Crippen LogP contribution in [0.3, 0.4) is 0 Å². The molecule has 2 N–H and O–H groups in total. The number of thiazole rings is 1. The number of allylic oxidation sites excluding steroid dienone is 1. The van der Waals surface area contributed by atoms with Crippen molar-refractivity contribution in [1.82, 2.24) is 25.2 Å². The van der Waals surface area contributed by atoms with Gasteiger partial charge in [0, 0.05) is 51.4 Å². The molecular weight excluding hydrogens is 1030 g/mol. The van der Waals surface area contributed by atoms with Crippen molar-refractivity contribution in [2.24, 2.45) is 5.16 Å². The SMILES string of the molecule is C=C(C1=C(C(=O)OCc2ccc(OC)cc2)N2C(=O)[C@@H](NC(=O)/C(=N\OC(c3ccccc3)(c3ccccc3)c3ccccc3)c3csc(NC(c4ccccc4)(c4ccccc4)c4ccccc4)n3)[C@@H]2SC1)c1cncnc1. The Morgan fingerprint density at radius 3 is 1.68 bits per heavy atom. The van der Waals surface area contributed by atoms with Gasteiger partial charge in [0.1, 0.15) is 47.0 Å². The number of ether oxygens (including phenoxy) is 2. The molecule has 9 aromatic rings. The Balaban J connectivity index is 0.988. The number of carbonyl (C=O) groups is 3. The van der Waals surface area contributed by atoms with Crippen LogP contribution < -0.4 is 15.4 Å². The molecule has 2 amide bonds. The van der Waals surface area contributed by atoms with Crippen LogP contribution >= 0.6 is 23.1 Å². The monoisotopic (exact) mass is 1080 g/mol. The van der Waals surface area contributed by atoms with E-state index in [-0.39, 0.29) is 29.5 Å². The van der Waals surface area contributed by atoms with Crippen LogP contribution in [0.1, 0.15) is 50.2 Å². The van der Waals surface area contributed by atoms with Crippen molar-refractivity contribution in [2.45, 2.75) is 29.2 Å². The van der Waals surface area contributed by atoms with Gasteiger partial charge < -0.3 is 24.9 Å². The predicted octanol–water partition coefficient (Wildman–Crippen LogP) is 11.2. The topological polar surface area (TPSA) is 157 Å². The van der Waals surface area contributed by atoms with Gasteiger partial charge in [-0.05, 0) is 40.0 Å². The number of methoxy groups -OCH3 is 1. The fourth-order valence-corrected chi connectivity index (χ4v) is 12.1. The number of oxime groups is 1. The lowest BCUT2D eigenvalue weighted by Crippen LogP contribution is -2.71. The van der Waals surface area contributed by atoms with E-state index in [0.717, 1.165) is 33.4 Å². The first-order valence-electron chi connectivity index (χ1n) is 25.4.